The summed E-state index contributed by atoms with van der Waals surface area (Å²) in [6, 6.07) is 7.38. The Labute approximate surface area is 157 Å². The van der Waals surface area contributed by atoms with Crippen molar-refractivity contribution in [2.24, 2.45) is 5.10 Å². The first-order chi connectivity index (χ1) is 11.5. The maximum Gasteiger partial charge on any atom is 0.186 e. The molecular weight excluding hydrogens is 365 g/mol. The number of hydrogen-bond acceptors (Lipinski definition) is 3. The monoisotopic (exact) mass is 383 g/mol. The van der Waals surface area contributed by atoms with Crippen molar-refractivity contribution in [3.63, 3.8) is 0 Å². The minimum atomic E-state index is 0.441. The number of para-hydroxylation sites is 1. The van der Waals surface area contributed by atoms with E-state index in [0.29, 0.717) is 20.9 Å². The van der Waals surface area contributed by atoms with Gasteiger partial charge in [-0.3, -0.25) is 5.43 Å². The molecule has 1 aromatic carbocycles. The third kappa shape index (κ3) is 4.69. The Morgan fingerprint density at radius 2 is 2.12 bits per heavy atom. The molecule has 0 aliphatic carbocycles. The smallest absolute Gasteiger partial charge is 0.186 e. The minimum absolute atomic E-state index is 0.441. The number of aromatic nitrogens is 2. The molecule has 0 atom stereocenters. The minimum Gasteiger partial charge on any atom is -0.361 e. The summed E-state index contributed by atoms with van der Waals surface area (Å²) in [5.41, 5.74) is 4.95. The third-order valence-corrected chi connectivity index (χ3v) is 4.22. The quantitative estimate of drug-likeness (QED) is 0.341. The van der Waals surface area contributed by atoms with E-state index in [1.54, 1.807) is 17.0 Å². The molecule has 0 radical (unpaired) electrons. The highest BCUT2D eigenvalue weighted by Gasteiger charge is 2.14. The molecular formula is C16H19Cl2N5S. The number of hydrogen-bond donors (Lipinski definition) is 2. The molecule has 0 saturated carbocycles. The number of unbranched alkanes of at least 4 members (excludes halogenated alkanes) is 1. The van der Waals surface area contributed by atoms with Crippen molar-refractivity contribution in [1.82, 2.24) is 20.5 Å². The van der Waals surface area contributed by atoms with Gasteiger partial charge in [0.25, 0.3) is 0 Å². The molecule has 5 nitrogen and oxygen atoms in total. The lowest BCUT2D eigenvalue weighted by Crippen LogP contribution is -2.32. The lowest BCUT2D eigenvalue weighted by molar-refractivity contribution is 0.745. The van der Waals surface area contributed by atoms with Gasteiger partial charge in [0.1, 0.15) is 5.15 Å². The molecule has 0 bridgehead atoms. The Hall–Kier alpha value is -1.63. The second-order valence-corrected chi connectivity index (χ2v) is 6.31. The van der Waals surface area contributed by atoms with Gasteiger partial charge in [-0.2, -0.15) is 10.2 Å². The average Bonchev–Trinajstić information content (AvgIpc) is 2.83. The number of nitrogens with one attached hydrogen (secondary N) is 2. The van der Waals surface area contributed by atoms with E-state index in [1.165, 1.54) is 0 Å². The van der Waals surface area contributed by atoms with Gasteiger partial charge >= 0.3 is 0 Å². The van der Waals surface area contributed by atoms with Crippen molar-refractivity contribution in [3.05, 3.63) is 45.7 Å². The first-order valence-electron chi connectivity index (χ1n) is 7.61. The Kier molecular flexibility index (Phi) is 7.02. The second kappa shape index (κ2) is 9.01. The third-order valence-electron chi connectivity index (χ3n) is 3.30. The van der Waals surface area contributed by atoms with Crippen LogP contribution in [0.2, 0.25) is 10.2 Å². The number of hydrazone groups is 1. The summed E-state index contributed by atoms with van der Waals surface area (Å²) in [6.45, 7) is 4.80. The van der Waals surface area contributed by atoms with Crippen LogP contribution in [0.3, 0.4) is 0 Å². The van der Waals surface area contributed by atoms with Gasteiger partial charge in [0, 0.05) is 6.54 Å². The van der Waals surface area contributed by atoms with Crippen LogP contribution in [0.4, 0.5) is 0 Å². The van der Waals surface area contributed by atoms with Gasteiger partial charge in [-0.15, -0.1) is 0 Å². The van der Waals surface area contributed by atoms with E-state index in [-0.39, 0.29) is 0 Å². The molecule has 1 heterocycles. The lowest BCUT2D eigenvalue weighted by atomic mass is 10.3. The summed E-state index contributed by atoms with van der Waals surface area (Å²) in [5, 5.41) is 13.1. The van der Waals surface area contributed by atoms with Crippen LogP contribution in [0, 0.1) is 6.92 Å². The summed E-state index contributed by atoms with van der Waals surface area (Å²) in [6.07, 6.45) is 3.77. The van der Waals surface area contributed by atoms with E-state index in [4.69, 9.17) is 35.4 Å². The summed E-state index contributed by atoms with van der Waals surface area (Å²) in [5.74, 6) is 0. The van der Waals surface area contributed by atoms with E-state index < -0.39 is 0 Å². The number of halogens is 2. The van der Waals surface area contributed by atoms with E-state index in [9.17, 15) is 0 Å². The van der Waals surface area contributed by atoms with Gasteiger partial charge in [0.2, 0.25) is 0 Å². The summed E-state index contributed by atoms with van der Waals surface area (Å²) < 4.78 is 1.60. The van der Waals surface area contributed by atoms with Gasteiger partial charge in [0.15, 0.2) is 5.11 Å². The van der Waals surface area contributed by atoms with Crippen molar-refractivity contribution in [1.29, 1.82) is 0 Å². The zero-order valence-corrected chi connectivity index (χ0v) is 15.8. The van der Waals surface area contributed by atoms with Crippen molar-refractivity contribution in [3.8, 4) is 5.69 Å². The Morgan fingerprint density at radius 1 is 1.38 bits per heavy atom. The molecule has 0 unspecified atom stereocenters. The maximum absolute atomic E-state index is 6.43. The molecule has 0 spiro atoms. The predicted octanol–water partition coefficient (Wildman–Crippen LogP) is 4.09. The number of benzene rings is 1. The summed E-state index contributed by atoms with van der Waals surface area (Å²) >= 11 is 17.8. The molecule has 0 saturated heterocycles. The van der Waals surface area contributed by atoms with Gasteiger partial charge < -0.3 is 5.32 Å². The summed E-state index contributed by atoms with van der Waals surface area (Å²) in [4.78, 5) is 0. The average molecular weight is 384 g/mol. The molecule has 24 heavy (non-hydrogen) atoms. The first kappa shape index (κ1) is 18.7. The zero-order chi connectivity index (χ0) is 17.5. The molecule has 0 amide bonds. The molecule has 0 aliphatic rings. The van der Waals surface area contributed by atoms with E-state index in [0.717, 1.165) is 30.8 Å². The number of aryl methyl sites for hydroxylation is 1. The van der Waals surface area contributed by atoms with Gasteiger partial charge in [-0.1, -0.05) is 48.7 Å². The van der Waals surface area contributed by atoms with Crippen molar-refractivity contribution in [2.45, 2.75) is 26.7 Å². The van der Waals surface area contributed by atoms with E-state index >= 15 is 0 Å². The fourth-order valence-corrected chi connectivity index (χ4v) is 2.70. The van der Waals surface area contributed by atoms with Crippen LogP contribution in [0.15, 0.2) is 29.4 Å². The Bertz CT molecular complexity index is 742. The lowest BCUT2D eigenvalue weighted by Gasteiger charge is -2.05. The van der Waals surface area contributed by atoms with Gasteiger partial charge in [-0.05, 0) is 37.7 Å². The fraction of sp³-hybridized carbons (Fsp3) is 0.312. The van der Waals surface area contributed by atoms with Gasteiger partial charge in [-0.25, -0.2) is 4.68 Å². The van der Waals surface area contributed by atoms with Crippen molar-refractivity contribution < 1.29 is 0 Å². The number of thiocarbonyl (C=S) groups is 1. The highest BCUT2D eigenvalue weighted by Crippen LogP contribution is 2.26. The fourth-order valence-electron chi connectivity index (χ4n) is 2.01. The van der Waals surface area contributed by atoms with Crippen LogP contribution in [-0.2, 0) is 0 Å². The SMILES string of the molecule is CCCCNC(=S)N/N=C\c1c(C)nn(-c2ccccc2Cl)c1Cl. The largest absolute Gasteiger partial charge is 0.361 e. The number of nitrogens with zero attached hydrogens (tertiary/aromatic N) is 3. The van der Waals surface area contributed by atoms with Crippen LogP contribution in [0.25, 0.3) is 5.69 Å². The first-order valence-corrected chi connectivity index (χ1v) is 8.78. The highest BCUT2D eigenvalue weighted by atomic mass is 35.5. The topological polar surface area (TPSA) is 54.2 Å². The molecule has 128 valence electrons. The van der Waals surface area contributed by atoms with Crippen LogP contribution >= 0.6 is 35.4 Å². The zero-order valence-electron chi connectivity index (χ0n) is 13.5. The second-order valence-electron chi connectivity index (χ2n) is 5.13. The van der Waals surface area contributed by atoms with Crippen LogP contribution in [0.1, 0.15) is 31.0 Å². The van der Waals surface area contributed by atoms with Gasteiger partial charge in [0.05, 0.1) is 28.2 Å². The molecule has 2 aromatic rings. The molecule has 0 fully saturated rings. The molecule has 2 rings (SSSR count). The molecule has 8 heteroatoms. The molecule has 1 aromatic heterocycles. The van der Waals surface area contributed by atoms with Crippen LogP contribution in [-0.4, -0.2) is 27.7 Å². The maximum atomic E-state index is 6.43. The summed E-state index contributed by atoms with van der Waals surface area (Å²) in [7, 11) is 0. The number of rotatable bonds is 6. The van der Waals surface area contributed by atoms with Crippen LogP contribution in [0.5, 0.6) is 0 Å². The highest BCUT2D eigenvalue weighted by molar-refractivity contribution is 7.80. The molecule has 0 aliphatic heterocycles. The standard InChI is InChI=1S/C16H19Cl2N5S/c1-3-4-9-19-16(24)21-20-10-12-11(2)22-23(15(12)18)14-8-6-5-7-13(14)17/h5-8,10H,3-4,9H2,1-2H3,(H2,19,21,24)/b20-10-. The van der Waals surface area contributed by atoms with E-state index in [2.05, 4.69) is 27.9 Å². The predicted molar refractivity (Wildman–Crippen MR) is 105 cm³/mol. The Balaban J connectivity index is 2.11. The Morgan fingerprint density at radius 3 is 2.83 bits per heavy atom. The van der Waals surface area contributed by atoms with Crippen molar-refractivity contribution in [2.75, 3.05) is 6.54 Å². The van der Waals surface area contributed by atoms with E-state index in [1.807, 2.05) is 25.1 Å². The van der Waals surface area contributed by atoms with Crippen molar-refractivity contribution >= 4 is 46.7 Å². The van der Waals surface area contributed by atoms with Crippen LogP contribution < -0.4 is 10.7 Å². The molecule has 2 N–H and O–H groups in total. The normalized spacial score (nSPS) is 11.0.